The first-order valence-corrected chi connectivity index (χ1v) is 6.49. The second-order valence-electron chi connectivity index (χ2n) is 6.12. The molecule has 1 aliphatic rings. The molecule has 1 rings (SSSR count). The van der Waals surface area contributed by atoms with Crippen LogP contribution in [0.3, 0.4) is 0 Å². The minimum Gasteiger partial charge on any atom is -0.300 e. The molecule has 1 aliphatic carbocycles. The van der Waals surface area contributed by atoms with Crippen LogP contribution in [-0.2, 0) is 4.79 Å². The largest absolute Gasteiger partial charge is 0.300 e. The summed E-state index contributed by atoms with van der Waals surface area (Å²) >= 11 is 0. The fraction of sp³-hybridized carbons (Fsp3) is 0.929. The van der Waals surface area contributed by atoms with Crippen LogP contribution in [0.25, 0.3) is 0 Å². The average molecular weight is 210 g/mol. The summed E-state index contributed by atoms with van der Waals surface area (Å²) in [7, 11) is 0. The zero-order chi connectivity index (χ0) is 11.4. The fourth-order valence-corrected chi connectivity index (χ4v) is 3.14. The van der Waals surface area contributed by atoms with Crippen LogP contribution >= 0.6 is 0 Å². The molecule has 2 unspecified atom stereocenters. The Kier molecular flexibility index (Phi) is 4.82. The molecule has 2 atom stereocenters. The highest BCUT2D eigenvalue weighted by atomic mass is 16.1. The fourth-order valence-electron chi connectivity index (χ4n) is 3.14. The van der Waals surface area contributed by atoms with Crippen molar-refractivity contribution in [2.45, 2.75) is 59.8 Å². The third-order valence-electron chi connectivity index (χ3n) is 3.43. The summed E-state index contributed by atoms with van der Waals surface area (Å²) in [5.74, 6) is 3.33. The number of carbonyl (C=O) groups excluding carboxylic acids is 1. The molecule has 1 heteroatoms. The molecule has 0 aromatic heterocycles. The van der Waals surface area contributed by atoms with Gasteiger partial charge in [0.05, 0.1) is 0 Å². The van der Waals surface area contributed by atoms with Crippen molar-refractivity contribution in [3.05, 3.63) is 0 Å². The Morgan fingerprint density at radius 1 is 1.13 bits per heavy atom. The van der Waals surface area contributed by atoms with E-state index in [2.05, 4.69) is 27.7 Å². The second-order valence-corrected chi connectivity index (χ2v) is 6.12. The van der Waals surface area contributed by atoms with Crippen molar-refractivity contribution in [2.75, 3.05) is 0 Å². The van der Waals surface area contributed by atoms with Crippen molar-refractivity contribution in [1.29, 1.82) is 0 Å². The van der Waals surface area contributed by atoms with E-state index in [0.29, 0.717) is 17.6 Å². The highest BCUT2D eigenvalue weighted by Crippen LogP contribution is 2.35. The van der Waals surface area contributed by atoms with Crippen LogP contribution < -0.4 is 0 Å². The Bertz CT molecular complexity index is 197. The van der Waals surface area contributed by atoms with Gasteiger partial charge < -0.3 is 0 Å². The molecule has 0 saturated heterocycles. The lowest BCUT2D eigenvalue weighted by Gasteiger charge is -2.31. The van der Waals surface area contributed by atoms with E-state index in [4.69, 9.17) is 0 Å². The highest BCUT2D eigenvalue weighted by molar-refractivity contribution is 5.78. The molecule has 0 heterocycles. The lowest BCUT2D eigenvalue weighted by Crippen LogP contribution is -2.22. The van der Waals surface area contributed by atoms with Crippen LogP contribution in [0.5, 0.6) is 0 Å². The van der Waals surface area contributed by atoms with Gasteiger partial charge in [-0.15, -0.1) is 0 Å². The number of ketones is 1. The van der Waals surface area contributed by atoms with Crippen molar-refractivity contribution < 1.29 is 4.79 Å². The minimum atomic E-state index is 0.483. The maximum atomic E-state index is 11.7. The van der Waals surface area contributed by atoms with Gasteiger partial charge in [0, 0.05) is 12.8 Å². The molecule has 1 nitrogen and oxygen atoms in total. The van der Waals surface area contributed by atoms with Crippen LogP contribution in [0.1, 0.15) is 59.8 Å². The number of hydrogen-bond donors (Lipinski definition) is 0. The topological polar surface area (TPSA) is 17.1 Å². The molecular formula is C14H26O. The lowest BCUT2D eigenvalue weighted by atomic mass is 9.74. The van der Waals surface area contributed by atoms with E-state index >= 15 is 0 Å². The van der Waals surface area contributed by atoms with Gasteiger partial charge in [0.25, 0.3) is 0 Å². The molecule has 0 bridgehead atoms. The van der Waals surface area contributed by atoms with Gasteiger partial charge in [-0.25, -0.2) is 0 Å². The number of Topliss-reactive ketones (excluding diaryl/α,β-unsaturated/α-hetero) is 1. The molecule has 0 radical (unpaired) electrons. The van der Waals surface area contributed by atoms with Crippen molar-refractivity contribution >= 4 is 5.78 Å². The second kappa shape index (κ2) is 5.67. The Morgan fingerprint density at radius 3 is 2.13 bits per heavy atom. The van der Waals surface area contributed by atoms with Crippen LogP contribution in [0, 0.1) is 23.7 Å². The summed E-state index contributed by atoms with van der Waals surface area (Å²) in [6, 6.07) is 0. The van der Waals surface area contributed by atoms with Gasteiger partial charge in [0.1, 0.15) is 5.78 Å². The predicted octanol–water partition coefficient (Wildman–Crippen LogP) is 4.06. The smallest absolute Gasteiger partial charge is 0.133 e. The zero-order valence-electron chi connectivity index (χ0n) is 10.8. The first-order chi connectivity index (χ1) is 6.97. The number of rotatable bonds is 4. The number of hydrogen-bond acceptors (Lipinski definition) is 1. The molecular weight excluding hydrogens is 184 g/mol. The van der Waals surface area contributed by atoms with Gasteiger partial charge in [-0.05, 0) is 42.9 Å². The molecule has 0 N–H and O–H groups in total. The molecule has 0 aliphatic heterocycles. The molecule has 0 amide bonds. The summed E-state index contributed by atoms with van der Waals surface area (Å²) in [5, 5.41) is 0. The third-order valence-corrected chi connectivity index (χ3v) is 3.43. The van der Waals surface area contributed by atoms with Gasteiger partial charge in [0.15, 0.2) is 0 Å². The SMILES string of the molecule is CC(C)CC(=O)CC1CC(C)CC(C)C1. The monoisotopic (exact) mass is 210 g/mol. The van der Waals surface area contributed by atoms with Gasteiger partial charge in [-0.2, -0.15) is 0 Å². The standard InChI is InChI=1S/C14H26O/c1-10(2)5-14(15)9-13-7-11(3)6-12(4)8-13/h10-13H,5-9H2,1-4H3. The normalized spacial score (nSPS) is 31.9. The van der Waals surface area contributed by atoms with E-state index < -0.39 is 0 Å². The van der Waals surface area contributed by atoms with Crippen LogP contribution in [-0.4, -0.2) is 5.78 Å². The summed E-state index contributed by atoms with van der Waals surface area (Å²) in [4.78, 5) is 11.7. The number of carbonyl (C=O) groups is 1. The minimum absolute atomic E-state index is 0.483. The third kappa shape index (κ3) is 4.81. The van der Waals surface area contributed by atoms with Crippen LogP contribution in [0.4, 0.5) is 0 Å². The Hall–Kier alpha value is -0.330. The zero-order valence-corrected chi connectivity index (χ0v) is 10.8. The van der Waals surface area contributed by atoms with Gasteiger partial charge in [-0.1, -0.05) is 27.7 Å². The summed E-state index contributed by atoms with van der Waals surface area (Å²) < 4.78 is 0. The first kappa shape index (κ1) is 12.7. The van der Waals surface area contributed by atoms with Crippen LogP contribution in [0.2, 0.25) is 0 Å². The quantitative estimate of drug-likeness (QED) is 0.683. The van der Waals surface area contributed by atoms with Gasteiger partial charge >= 0.3 is 0 Å². The maximum Gasteiger partial charge on any atom is 0.133 e. The highest BCUT2D eigenvalue weighted by Gasteiger charge is 2.25. The molecule has 0 spiro atoms. The Labute approximate surface area is 94.6 Å². The van der Waals surface area contributed by atoms with Crippen LogP contribution in [0.15, 0.2) is 0 Å². The molecule has 88 valence electrons. The van der Waals surface area contributed by atoms with Crippen molar-refractivity contribution in [1.82, 2.24) is 0 Å². The van der Waals surface area contributed by atoms with E-state index in [1.807, 2.05) is 0 Å². The summed E-state index contributed by atoms with van der Waals surface area (Å²) in [5.41, 5.74) is 0. The molecule has 1 saturated carbocycles. The summed E-state index contributed by atoms with van der Waals surface area (Å²) in [6.45, 7) is 8.92. The van der Waals surface area contributed by atoms with Gasteiger partial charge in [-0.3, -0.25) is 4.79 Å². The maximum absolute atomic E-state index is 11.7. The Balaban J connectivity index is 2.34. The lowest BCUT2D eigenvalue weighted by molar-refractivity contribution is -0.121. The Morgan fingerprint density at radius 2 is 1.67 bits per heavy atom. The first-order valence-electron chi connectivity index (χ1n) is 6.49. The van der Waals surface area contributed by atoms with Crippen molar-refractivity contribution in [3.63, 3.8) is 0 Å². The van der Waals surface area contributed by atoms with Gasteiger partial charge in [0.2, 0.25) is 0 Å². The van der Waals surface area contributed by atoms with E-state index in [9.17, 15) is 4.79 Å². The van der Waals surface area contributed by atoms with E-state index in [1.54, 1.807) is 0 Å². The van der Waals surface area contributed by atoms with E-state index in [-0.39, 0.29) is 0 Å². The molecule has 0 aromatic rings. The molecule has 1 fully saturated rings. The van der Waals surface area contributed by atoms with Crippen molar-refractivity contribution in [3.8, 4) is 0 Å². The molecule has 0 aromatic carbocycles. The van der Waals surface area contributed by atoms with Crippen molar-refractivity contribution in [2.24, 2.45) is 23.7 Å². The van der Waals surface area contributed by atoms with E-state index in [0.717, 1.165) is 24.7 Å². The average Bonchev–Trinajstić information content (AvgIpc) is 1.98. The van der Waals surface area contributed by atoms with E-state index in [1.165, 1.54) is 19.3 Å². The molecule has 15 heavy (non-hydrogen) atoms. The summed E-state index contributed by atoms with van der Waals surface area (Å²) in [6.07, 6.45) is 5.52. The predicted molar refractivity (Wildman–Crippen MR) is 64.7 cm³/mol.